The number of nitrogens with zero attached hydrogens (tertiary/aromatic N) is 1. The maximum atomic E-state index is 7.64. The summed E-state index contributed by atoms with van der Waals surface area (Å²) < 4.78 is 0. The Hall–Kier alpha value is -0.570. The highest BCUT2D eigenvalue weighted by atomic mass is 15.2. The van der Waals surface area contributed by atoms with Crippen LogP contribution in [0.3, 0.4) is 0 Å². The average molecular weight is 237 g/mol. The van der Waals surface area contributed by atoms with Crippen molar-refractivity contribution >= 4 is 5.84 Å². The van der Waals surface area contributed by atoms with E-state index in [4.69, 9.17) is 11.1 Å². The second-order valence-corrected chi connectivity index (χ2v) is 5.81. The van der Waals surface area contributed by atoms with E-state index in [0.717, 1.165) is 24.9 Å². The van der Waals surface area contributed by atoms with E-state index in [1.165, 1.54) is 45.1 Å². The Morgan fingerprint density at radius 1 is 1.24 bits per heavy atom. The molecule has 0 amide bonds. The van der Waals surface area contributed by atoms with Crippen molar-refractivity contribution in [2.75, 3.05) is 13.1 Å². The van der Waals surface area contributed by atoms with E-state index >= 15 is 0 Å². The van der Waals surface area contributed by atoms with Gasteiger partial charge in [-0.15, -0.1) is 0 Å². The zero-order chi connectivity index (χ0) is 12.3. The topological polar surface area (TPSA) is 53.1 Å². The molecule has 1 heterocycles. The normalized spacial score (nSPS) is 35.7. The first-order chi connectivity index (χ1) is 8.22. The summed E-state index contributed by atoms with van der Waals surface area (Å²) in [6.45, 7) is 4.59. The zero-order valence-electron chi connectivity index (χ0n) is 11.1. The van der Waals surface area contributed by atoms with Crippen LogP contribution in [0.25, 0.3) is 0 Å². The Morgan fingerprint density at radius 3 is 2.71 bits per heavy atom. The van der Waals surface area contributed by atoms with Crippen LogP contribution in [0.5, 0.6) is 0 Å². The van der Waals surface area contributed by atoms with Crippen LogP contribution in [0, 0.1) is 17.2 Å². The molecular weight excluding hydrogens is 210 g/mol. The highest BCUT2D eigenvalue weighted by Gasteiger charge is 2.32. The summed E-state index contributed by atoms with van der Waals surface area (Å²) >= 11 is 0. The zero-order valence-corrected chi connectivity index (χ0v) is 11.1. The molecule has 3 atom stereocenters. The van der Waals surface area contributed by atoms with Gasteiger partial charge in [-0.1, -0.05) is 26.2 Å². The molecular formula is C14H27N3. The molecule has 0 radical (unpaired) electrons. The SMILES string of the molecule is CCC1CCCCC1N1CCCC(C(=N)N)C1. The molecule has 0 aromatic carbocycles. The molecule has 3 heteroatoms. The number of likely N-dealkylation sites (tertiary alicyclic amines) is 1. The predicted octanol–water partition coefficient (Wildman–Crippen LogP) is 2.60. The van der Waals surface area contributed by atoms with Gasteiger partial charge in [0.2, 0.25) is 0 Å². The lowest BCUT2D eigenvalue weighted by atomic mass is 9.80. The second-order valence-electron chi connectivity index (χ2n) is 5.81. The highest BCUT2D eigenvalue weighted by molar-refractivity contribution is 5.79. The molecule has 2 rings (SSSR count). The van der Waals surface area contributed by atoms with Crippen LogP contribution in [-0.4, -0.2) is 29.9 Å². The van der Waals surface area contributed by atoms with Gasteiger partial charge in [-0.25, -0.2) is 0 Å². The van der Waals surface area contributed by atoms with Crippen molar-refractivity contribution < 1.29 is 0 Å². The molecule has 3 nitrogen and oxygen atoms in total. The van der Waals surface area contributed by atoms with Crippen molar-refractivity contribution in [2.24, 2.45) is 17.6 Å². The Labute approximate surface area is 105 Å². The molecule has 1 aliphatic heterocycles. The maximum Gasteiger partial charge on any atom is 0.0949 e. The van der Waals surface area contributed by atoms with Gasteiger partial charge in [-0.2, -0.15) is 0 Å². The second kappa shape index (κ2) is 5.85. The smallest absolute Gasteiger partial charge is 0.0949 e. The van der Waals surface area contributed by atoms with E-state index in [0.29, 0.717) is 11.8 Å². The third-order valence-electron chi connectivity index (χ3n) is 4.75. The number of nitrogens with two attached hydrogens (primary N) is 1. The first-order valence-corrected chi connectivity index (χ1v) is 7.30. The van der Waals surface area contributed by atoms with Crippen molar-refractivity contribution in [2.45, 2.75) is 57.9 Å². The molecule has 2 fully saturated rings. The van der Waals surface area contributed by atoms with Gasteiger partial charge in [0.05, 0.1) is 5.84 Å². The van der Waals surface area contributed by atoms with Gasteiger partial charge < -0.3 is 5.73 Å². The summed E-state index contributed by atoms with van der Waals surface area (Å²) in [5, 5.41) is 7.64. The molecule has 1 saturated heterocycles. The summed E-state index contributed by atoms with van der Waals surface area (Å²) in [7, 11) is 0. The minimum atomic E-state index is 0.322. The van der Waals surface area contributed by atoms with Crippen molar-refractivity contribution in [3.8, 4) is 0 Å². The summed E-state index contributed by atoms with van der Waals surface area (Å²) in [4.78, 5) is 2.64. The van der Waals surface area contributed by atoms with Crippen LogP contribution >= 0.6 is 0 Å². The van der Waals surface area contributed by atoms with E-state index in [1.807, 2.05) is 0 Å². The summed E-state index contributed by atoms with van der Waals surface area (Å²) in [6, 6.07) is 0.774. The van der Waals surface area contributed by atoms with E-state index in [2.05, 4.69) is 11.8 Å². The summed E-state index contributed by atoms with van der Waals surface area (Å²) in [5.41, 5.74) is 5.68. The van der Waals surface area contributed by atoms with Gasteiger partial charge in [-0.3, -0.25) is 10.3 Å². The molecule has 0 spiro atoms. The lowest BCUT2D eigenvalue weighted by Gasteiger charge is -2.43. The minimum absolute atomic E-state index is 0.322. The fourth-order valence-corrected chi connectivity index (χ4v) is 3.71. The van der Waals surface area contributed by atoms with Crippen LogP contribution in [0.1, 0.15) is 51.9 Å². The summed E-state index contributed by atoms with van der Waals surface area (Å²) in [5.74, 6) is 1.61. The number of hydrogen-bond acceptors (Lipinski definition) is 2. The van der Waals surface area contributed by atoms with Gasteiger partial charge in [0.15, 0.2) is 0 Å². The lowest BCUT2D eigenvalue weighted by molar-refractivity contribution is 0.0722. The van der Waals surface area contributed by atoms with Crippen molar-refractivity contribution in [1.82, 2.24) is 4.90 Å². The molecule has 3 unspecified atom stereocenters. The standard InChI is InChI=1S/C14H27N3/c1-2-11-6-3-4-8-13(11)17-9-5-7-12(10-17)14(15)16/h11-13H,2-10H2,1H3,(H3,15,16). The molecule has 0 aromatic heterocycles. The first kappa shape index (κ1) is 12.9. The average Bonchev–Trinajstić information content (AvgIpc) is 2.39. The maximum absolute atomic E-state index is 7.64. The molecule has 98 valence electrons. The Morgan fingerprint density at radius 2 is 2.00 bits per heavy atom. The van der Waals surface area contributed by atoms with E-state index in [-0.39, 0.29) is 0 Å². The van der Waals surface area contributed by atoms with Crippen molar-refractivity contribution in [3.05, 3.63) is 0 Å². The third kappa shape index (κ3) is 3.01. The number of piperidine rings is 1. The van der Waals surface area contributed by atoms with Crippen LogP contribution < -0.4 is 5.73 Å². The Bertz CT molecular complexity index is 264. The number of amidine groups is 1. The molecule has 0 bridgehead atoms. The fraction of sp³-hybridized carbons (Fsp3) is 0.929. The molecule has 3 N–H and O–H groups in total. The monoisotopic (exact) mass is 237 g/mol. The fourth-order valence-electron chi connectivity index (χ4n) is 3.71. The van der Waals surface area contributed by atoms with Gasteiger partial charge in [0.25, 0.3) is 0 Å². The molecule has 0 aromatic rings. The minimum Gasteiger partial charge on any atom is -0.387 e. The largest absolute Gasteiger partial charge is 0.387 e. The quantitative estimate of drug-likeness (QED) is 0.585. The Balaban J connectivity index is 1.97. The van der Waals surface area contributed by atoms with Gasteiger partial charge >= 0.3 is 0 Å². The molecule has 17 heavy (non-hydrogen) atoms. The predicted molar refractivity (Wildman–Crippen MR) is 72.2 cm³/mol. The number of nitrogens with one attached hydrogen (secondary N) is 1. The van der Waals surface area contributed by atoms with E-state index < -0.39 is 0 Å². The van der Waals surface area contributed by atoms with Crippen LogP contribution in [-0.2, 0) is 0 Å². The number of hydrogen-bond donors (Lipinski definition) is 2. The molecule has 2 aliphatic rings. The number of rotatable bonds is 3. The third-order valence-corrected chi connectivity index (χ3v) is 4.75. The lowest BCUT2D eigenvalue weighted by Crippen LogP contribution is -2.49. The van der Waals surface area contributed by atoms with Crippen molar-refractivity contribution in [1.29, 1.82) is 5.41 Å². The summed E-state index contributed by atoms with van der Waals surface area (Å²) in [6.07, 6.45) is 9.23. The van der Waals surface area contributed by atoms with Crippen LogP contribution in [0.4, 0.5) is 0 Å². The van der Waals surface area contributed by atoms with Crippen molar-refractivity contribution in [3.63, 3.8) is 0 Å². The van der Waals surface area contributed by atoms with Crippen LogP contribution in [0.2, 0.25) is 0 Å². The Kier molecular flexibility index (Phi) is 4.43. The highest BCUT2D eigenvalue weighted by Crippen LogP contribution is 2.33. The van der Waals surface area contributed by atoms with Gasteiger partial charge in [-0.05, 0) is 38.1 Å². The van der Waals surface area contributed by atoms with Crippen LogP contribution in [0.15, 0.2) is 0 Å². The van der Waals surface area contributed by atoms with Gasteiger partial charge in [0.1, 0.15) is 0 Å². The molecule has 1 saturated carbocycles. The van der Waals surface area contributed by atoms with E-state index in [1.54, 1.807) is 0 Å². The van der Waals surface area contributed by atoms with Gasteiger partial charge in [0, 0.05) is 18.5 Å². The van der Waals surface area contributed by atoms with E-state index in [9.17, 15) is 0 Å². The first-order valence-electron chi connectivity index (χ1n) is 7.30. The molecule has 1 aliphatic carbocycles.